The summed E-state index contributed by atoms with van der Waals surface area (Å²) < 4.78 is 44.6. The van der Waals surface area contributed by atoms with Gasteiger partial charge in [-0.2, -0.15) is 0 Å². The first-order chi connectivity index (χ1) is 9.28. The van der Waals surface area contributed by atoms with Gasteiger partial charge in [-0.3, -0.25) is 4.79 Å². The normalized spacial score (nSPS) is 11.2. The minimum Gasteiger partial charge on any atom is -0.503 e. The molecule has 112 valence electrons. The smallest absolute Gasteiger partial charge is 0.503 e. The fraction of sp³-hybridized carbons (Fsp3) is 0.455. The van der Waals surface area contributed by atoms with Crippen molar-refractivity contribution in [2.24, 2.45) is 0 Å². The molecule has 0 bridgehead atoms. The lowest BCUT2D eigenvalue weighted by molar-refractivity contribution is -0.276. The van der Waals surface area contributed by atoms with E-state index in [-0.39, 0.29) is 23.6 Å². The molecular formula is C11H11ClF3NO4. The van der Waals surface area contributed by atoms with Crippen LogP contribution in [0.2, 0.25) is 0 Å². The maximum Gasteiger partial charge on any atom is 0.574 e. The van der Waals surface area contributed by atoms with Gasteiger partial charge in [0.05, 0.1) is 13.0 Å². The molecule has 5 nitrogen and oxygen atoms in total. The highest BCUT2D eigenvalue weighted by molar-refractivity contribution is 6.17. The quantitative estimate of drug-likeness (QED) is 0.668. The van der Waals surface area contributed by atoms with Crippen molar-refractivity contribution in [3.05, 3.63) is 17.3 Å². The number of alkyl halides is 4. The third kappa shape index (κ3) is 4.44. The molecule has 1 rings (SSSR count). The molecule has 0 atom stereocenters. The van der Waals surface area contributed by atoms with Crippen molar-refractivity contribution < 1.29 is 32.5 Å². The van der Waals surface area contributed by atoms with E-state index in [4.69, 9.17) is 11.6 Å². The largest absolute Gasteiger partial charge is 0.574 e. The zero-order valence-electron chi connectivity index (χ0n) is 10.3. The van der Waals surface area contributed by atoms with Gasteiger partial charge in [-0.1, -0.05) is 0 Å². The molecule has 0 radical (unpaired) electrons. The van der Waals surface area contributed by atoms with Gasteiger partial charge in [-0.25, -0.2) is 4.98 Å². The zero-order chi connectivity index (χ0) is 15.3. The summed E-state index contributed by atoms with van der Waals surface area (Å²) in [7, 11) is 0. The summed E-state index contributed by atoms with van der Waals surface area (Å²) in [6.45, 7) is 1.68. The van der Waals surface area contributed by atoms with Crippen LogP contribution >= 0.6 is 11.6 Å². The molecule has 0 aliphatic rings. The molecule has 1 N–H and O–H groups in total. The fourth-order valence-corrected chi connectivity index (χ4v) is 1.64. The number of aromatic nitrogens is 1. The maximum absolute atomic E-state index is 12.1. The number of hydrogen-bond acceptors (Lipinski definition) is 5. The summed E-state index contributed by atoms with van der Waals surface area (Å²) in [5, 5.41) is 9.73. The van der Waals surface area contributed by atoms with E-state index in [1.54, 1.807) is 6.92 Å². The van der Waals surface area contributed by atoms with Gasteiger partial charge in [0.15, 0.2) is 5.75 Å². The Morgan fingerprint density at radius 1 is 1.50 bits per heavy atom. The van der Waals surface area contributed by atoms with Gasteiger partial charge in [0, 0.05) is 17.6 Å². The lowest BCUT2D eigenvalue weighted by Gasteiger charge is -2.14. The van der Waals surface area contributed by atoms with Gasteiger partial charge in [0.25, 0.3) is 5.88 Å². The zero-order valence-corrected chi connectivity index (χ0v) is 11.1. The molecule has 0 saturated heterocycles. The number of carbonyl (C=O) groups excluding carboxylic acids is 1. The van der Waals surface area contributed by atoms with E-state index >= 15 is 0 Å². The number of rotatable bonds is 5. The molecule has 0 aromatic carbocycles. The Morgan fingerprint density at radius 2 is 2.15 bits per heavy atom. The number of hydrogen-bond donors (Lipinski definition) is 1. The molecule has 1 heterocycles. The third-order valence-corrected chi connectivity index (χ3v) is 2.48. The summed E-state index contributed by atoms with van der Waals surface area (Å²) >= 11 is 5.58. The van der Waals surface area contributed by atoms with Crippen LogP contribution in [0.15, 0.2) is 6.20 Å². The molecule has 0 spiro atoms. The van der Waals surface area contributed by atoms with Crippen molar-refractivity contribution in [3.8, 4) is 11.6 Å². The summed E-state index contributed by atoms with van der Waals surface area (Å²) in [5.41, 5.74) is 0.111. The Labute approximate surface area is 117 Å². The van der Waals surface area contributed by atoms with Crippen LogP contribution in [-0.2, 0) is 21.8 Å². The van der Waals surface area contributed by atoms with Crippen LogP contribution in [0.5, 0.6) is 11.6 Å². The average molecular weight is 314 g/mol. The minimum atomic E-state index is -5.01. The van der Waals surface area contributed by atoms with Crippen molar-refractivity contribution in [1.29, 1.82) is 0 Å². The van der Waals surface area contributed by atoms with E-state index in [9.17, 15) is 23.1 Å². The molecule has 9 heteroatoms. The summed E-state index contributed by atoms with van der Waals surface area (Å²) in [6.07, 6.45) is -4.44. The fourth-order valence-electron chi connectivity index (χ4n) is 1.41. The van der Waals surface area contributed by atoms with Crippen molar-refractivity contribution >= 4 is 17.6 Å². The molecule has 0 aliphatic heterocycles. The van der Waals surface area contributed by atoms with Crippen LogP contribution in [0.4, 0.5) is 13.2 Å². The molecule has 0 amide bonds. The minimum absolute atomic E-state index is 0.104. The van der Waals surface area contributed by atoms with Crippen LogP contribution in [0.25, 0.3) is 0 Å². The highest BCUT2D eigenvalue weighted by Crippen LogP contribution is 2.34. The molecule has 20 heavy (non-hydrogen) atoms. The van der Waals surface area contributed by atoms with Gasteiger partial charge in [-0.05, 0) is 12.5 Å². The SMILES string of the molecule is CCOC(=O)Cc1c(CCl)cnc(OC(F)(F)F)c1O. The van der Waals surface area contributed by atoms with Crippen molar-refractivity contribution in [3.63, 3.8) is 0 Å². The molecular weight excluding hydrogens is 303 g/mol. The molecule has 0 saturated carbocycles. The number of esters is 1. The first-order valence-corrected chi connectivity index (χ1v) is 5.99. The molecule has 0 fully saturated rings. The van der Waals surface area contributed by atoms with Gasteiger partial charge >= 0.3 is 12.3 Å². The third-order valence-electron chi connectivity index (χ3n) is 2.20. The Bertz CT molecular complexity index is 493. The second-order valence-corrected chi connectivity index (χ2v) is 3.85. The number of ether oxygens (including phenoxy) is 2. The molecule has 0 unspecified atom stereocenters. The van der Waals surface area contributed by atoms with E-state index in [2.05, 4.69) is 14.5 Å². The maximum atomic E-state index is 12.1. The molecule has 1 aromatic rings. The average Bonchev–Trinajstić information content (AvgIpc) is 2.33. The monoisotopic (exact) mass is 313 g/mol. The lowest BCUT2D eigenvalue weighted by atomic mass is 10.1. The predicted octanol–water partition coefficient (Wildman–Crippen LogP) is 2.53. The Hall–Kier alpha value is -1.70. The lowest BCUT2D eigenvalue weighted by Crippen LogP contribution is -2.19. The van der Waals surface area contributed by atoms with Gasteiger partial charge in [0.2, 0.25) is 0 Å². The van der Waals surface area contributed by atoms with Gasteiger partial charge in [0.1, 0.15) is 0 Å². The standard InChI is InChI=1S/C11H11ClF3NO4/c1-2-19-8(17)3-7-6(4-12)5-16-10(9(7)18)20-11(13,14)15/h5,18H,2-4H2,1H3. The van der Waals surface area contributed by atoms with E-state index < -0.39 is 30.4 Å². The predicted molar refractivity (Wildman–Crippen MR) is 62.5 cm³/mol. The summed E-state index contributed by atoms with van der Waals surface area (Å²) in [4.78, 5) is 14.7. The first-order valence-electron chi connectivity index (χ1n) is 5.45. The number of nitrogens with zero attached hydrogens (tertiary/aromatic N) is 1. The molecule has 0 aliphatic carbocycles. The second-order valence-electron chi connectivity index (χ2n) is 3.58. The van der Waals surface area contributed by atoms with Crippen LogP contribution in [0.1, 0.15) is 18.1 Å². The Kier molecular flexibility index (Phi) is 5.43. The summed E-state index contributed by atoms with van der Waals surface area (Å²) in [5.74, 6) is -2.76. The molecule has 1 aromatic heterocycles. The van der Waals surface area contributed by atoms with Crippen molar-refractivity contribution in [1.82, 2.24) is 4.98 Å². The number of pyridine rings is 1. The van der Waals surface area contributed by atoms with E-state index in [0.717, 1.165) is 6.20 Å². The van der Waals surface area contributed by atoms with Crippen LogP contribution < -0.4 is 4.74 Å². The van der Waals surface area contributed by atoms with Crippen molar-refractivity contribution in [2.75, 3.05) is 6.61 Å². The van der Waals surface area contributed by atoms with Gasteiger partial charge in [-0.15, -0.1) is 24.8 Å². The first kappa shape index (κ1) is 16.4. The second kappa shape index (κ2) is 6.65. The van der Waals surface area contributed by atoms with Gasteiger partial charge < -0.3 is 14.6 Å². The van der Waals surface area contributed by atoms with Crippen LogP contribution in [-0.4, -0.2) is 29.0 Å². The van der Waals surface area contributed by atoms with E-state index in [1.807, 2.05) is 0 Å². The summed E-state index contributed by atoms with van der Waals surface area (Å²) in [6, 6.07) is 0. The van der Waals surface area contributed by atoms with Crippen molar-refractivity contribution in [2.45, 2.75) is 25.6 Å². The van der Waals surface area contributed by atoms with Crippen LogP contribution in [0, 0.1) is 0 Å². The Balaban J connectivity index is 3.12. The highest BCUT2D eigenvalue weighted by atomic mass is 35.5. The van der Waals surface area contributed by atoms with Crippen LogP contribution in [0.3, 0.4) is 0 Å². The Morgan fingerprint density at radius 3 is 2.65 bits per heavy atom. The number of aromatic hydroxyl groups is 1. The van der Waals surface area contributed by atoms with E-state index in [1.165, 1.54) is 0 Å². The van der Waals surface area contributed by atoms with E-state index in [0.29, 0.717) is 0 Å². The number of halogens is 4. The topological polar surface area (TPSA) is 68.7 Å². The number of carbonyl (C=O) groups is 1. The highest BCUT2D eigenvalue weighted by Gasteiger charge is 2.34.